The number of phosphoric ester groups is 1. The Kier molecular flexibility index (Phi) is 66.6. The van der Waals surface area contributed by atoms with Crippen molar-refractivity contribution in [1.29, 1.82) is 0 Å². The maximum atomic E-state index is 13.1. The number of carbonyl (C=O) groups excluding carboxylic acids is 1. The van der Waals surface area contributed by atoms with E-state index in [-0.39, 0.29) is 19.1 Å². The maximum absolute atomic E-state index is 13.1. The number of likely N-dealkylation sites (N-methyl/N-ethyl adjacent to an activating group) is 1. The molecule has 1 amide bonds. The standard InChI is InChI=1S/C76H151N2O6P/c1-6-8-10-12-14-16-18-20-22-24-26-28-30-32-34-36-38-39-40-42-44-46-48-50-52-54-56-58-60-62-64-66-68-70-76(80)77-74(73-84-85(81,82)83-72-71-78(3,4)5)75(79)69-67-65-63-61-59-57-55-53-51-49-47-45-43-41-37-35-33-31-29-27-25-23-21-19-17-15-13-11-9-7-2/h24,26,67,69,74-75,79H,6-23,25,27-66,68,70-73H2,1-5H3,(H-,77,80,81,82)/b26-24-,69-67+. The zero-order valence-electron chi connectivity index (χ0n) is 58.1. The number of hydrogen-bond acceptors (Lipinski definition) is 6. The van der Waals surface area contributed by atoms with Crippen molar-refractivity contribution in [3.05, 3.63) is 24.3 Å². The molecule has 0 saturated heterocycles. The number of carbonyl (C=O) groups is 1. The number of allylic oxidation sites excluding steroid dienone is 3. The quantitative estimate of drug-likeness (QED) is 0.0272. The van der Waals surface area contributed by atoms with Crippen LogP contribution in [-0.2, 0) is 18.4 Å². The van der Waals surface area contributed by atoms with E-state index < -0.39 is 20.0 Å². The molecule has 0 aliphatic heterocycles. The second-order valence-electron chi connectivity index (χ2n) is 27.7. The van der Waals surface area contributed by atoms with Gasteiger partial charge in [-0.25, -0.2) is 0 Å². The zero-order chi connectivity index (χ0) is 61.9. The summed E-state index contributed by atoms with van der Waals surface area (Å²) in [4.78, 5) is 25.7. The third kappa shape index (κ3) is 70.3. The van der Waals surface area contributed by atoms with Crippen LogP contribution in [0.1, 0.15) is 406 Å². The molecule has 85 heavy (non-hydrogen) atoms. The lowest BCUT2D eigenvalue weighted by molar-refractivity contribution is -0.870. The van der Waals surface area contributed by atoms with Crippen LogP contribution in [-0.4, -0.2) is 68.5 Å². The molecule has 0 aromatic heterocycles. The average molecular weight is 1220 g/mol. The Morgan fingerprint density at radius 3 is 0.918 bits per heavy atom. The Bertz CT molecular complexity index is 1430. The highest BCUT2D eigenvalue weighted by atomic mass is 31.2. The number of quaternary nitrogens is 1. The van der Waals surface area contributed by atoms with Gasteiger partial charge < -0.3 is 28.8 Å². The van der Waals surface area contributed by atoms with E-state index in [9.17, 15) is 19.4 Å². The molecule has 8 nitrogen and oxygen atoms in total. The third-order valence-electron chi connectivity index (χ3n) is 17.9. The molecule has 0 aromatic carbocycles. The topological polar surface area (TPSA) is 108 Å². The van der Waals surface area contributed by atoms with E-state index >= 15 is 0 Å². The highest BCUT2D eigenvalue weighted by Crippen LogP contribution is 2.38. The molecule has 2 N–H and O–H groups in total. The fourth-order valence-electron chi connectivity index (χ4n) is 12.0. The highest BCUT2D eigenvalue weighted by molar-refractivity contribution is 7.45. The molecule has 0 heterocycles. The SMILES string of the molecule is CCCCCCCCCC/C=C\CCCCCCCCCCCCCCCCCCCCCCCC(=O)NC(COP(=O)([O-])OCC[N+](C)(C)C)C(O)/C=C/CCCCCCCCCCCCCCCCCCCCCCCCCCCCCC. The normalized spacial score (nSPS) is 13.6. The fourth-order valence-corrected chi connectivity index (χ4v) is 12.7. The molecule has 0 aliphatic carbocycles. The molecule has 0 radical (unpaired) electrons. The second kappa shape index (κ2) is 67.4. The minimum absolute atomic E-state index is 0.00218. The minimum atomic E-state index is -4.60. The van der Waals surface area contributed by atoms with Crippen LogP contribution in [0.15, 0.2) is 24.3 Å². The Morgan fingerprint density at radius 1 is 0.400 bits per heavy atom. The fraction of sp³-hybridized carbons (Fsp3) is 0.934. The number of amides is 1. The van der Waals surface area contributed by atoms with Gasteiger partial charge in [0.2, 0.25) is 5.91 Å². The van der Waals surface area contributed by atoms with Gasteiger partial charge in [-0.15, -0.1) is 0 Å². The lowest BCUT2D eigenvalue weighted by atomic mass is 10.0. The summed E-state index contributed by atoms with van der Waals surface area (Å²) in [6.45, 7) is 4.72. The van der Waals surface area contributed by atoms with E-state index in [2.05, 4.69) is 31.3 Å². The van der Waals surface area contributed by atoms with Crippen molar-refractivity contribution in [2.24, 2.45) is 0 Å². The van der Waals surface area contributed by atoms with Crippen molar-refractivity contribution in [3.8, 4) is 0 Å². The first kappa shape index (κ1) is 84.0. The van der Waals surface area contributed by atoms with Gasteiger partial charge in [0.05, 0.1) is 39.9 Å². The Labute approximate surface area is 532 Å². The second-order valence-corrected chi connectivity index (χ2v) is 29.1. The maximum Gasteiger partial charge on any atom is 0.268 e. The van der Waals surface area contributed by atoms with Crippen molar-refractivity contribution < 1.29 is 32.9 Å². The van der Waals surface area contributed by atoms with E-state index in [4.69, 9.17) is 9.05 Å². The molecule has 506 valence electrons. The molecule has 0 aromatic rings. The number of nitrogens with zero attached hydrogens (tertiary/aromatic N) is 1. The van der Waals surface area contributed by atoms with Crippen LogP contribution in [0, 0.1) is 0 Å². The molecular weight excluding hydrogens is 1070 g/mol. The minimum Gasteiger partial charge on any atom is -0.756 e. The smallest absolute Gasteiger partial charge is 0.268 e. The summed E-state index contributed by atoms with van der Waals surface area (Å²) in [5.74, 6) is -0.187. The van der Waals surface area contributed by atoms with E-state index in [0.717, 1.165) is 38.5 Å². The molecule has 3 unspecified atom stereocenters. The predicted octanol–water partition coefficient (Wildman–Crippen LogP) is 24.0. The van der Waals surface area contributed by atoms with Crippen molar-refractivity contribution >= 4 is 13.7 Å². The summed E-state index contributed by atoms with van der Waals surface area (Å²) in [5.41, 5.74) is 0. The van der Waals surface area contributed by atoms with Crippen LogP contribution in [0.3, 0.4) is 0 Å². The number of aliphatic hydroxyl groups excluding tert-OH is 1. The van der Waals surface area contributed by atoms with E-state index in [0.29, 0.717) is 17.4 Å². The number of nitrogens with one attached hydrogen (secondary N) is 1. The third-order valence-corrected chi connectivity index (χ3v) is 18.9. The van der Waals surface area contributed by atoms with Crippen LogP contribution >= 0.6 is 7.82 Å². The largest absolute Gasteiger partial charge is 0.756 e. The molecule has 0 rings (SSSR count). The van der Waals surface area contributed by atoms with Crippen LogP contribution < -0.4 is 10.2 Å². The molecule has 0 aliphatic rings. The monoisotopic (exact) mass is 1220 g/mol. The summed E-state index contributed by atoms with van der Waals surface area (Å²) in [6, 6.07) is -0.886. The summed E-state index contributed by atoms with van der Waals surface area (Å²) >= 11 is 0. The van der Waals surface area contributed by atoms with Crippen molar-refractivity contribution in [2.45, 2.75) is 418 Å². The average Bonchev–Trinajstić information content (AvgIpc) is 3.49. The van der Waals surface area contributed by atoms with Gasteiger partial charge in [0.25, 0.3) is 7.82 Å². The van der Waals surface area contributed by atoms with Gasteiger partial charge in [-0.05, 0) is 44.9 Å². The van der Waals surface area contributed by atoms with Gasteiger partial charge in [0.15, 0.2) is 0 Å². The number of unbranched alkanes of at least 4 members (excludes halogenated alkanes) is 57. The van der Waals surface area contributed by atoms with Gasteiger partial charge >= 0.3 is 0 Å². The summed E-state index contributed by atoms with van der Waals surface area (Å²) < 4.78 is 23.5. The lowest BCUT2D eigenvalue weighted by Crippen LogP contribution is -2.45. The zero-order valence-corrected chi connectivity index (χ0v) is 59.0. The highest BCUT2D eigenvalue weighted by Gasteiger charge is 2.23. The van der Waals surface area contributed by atoms with Gasteiger partial charge in [-0.1, -0.05) is 378 Å². The predicted molar refractivity (Wildman–Crippen MR) is 372 cm³/mol. The Morgan fingerprint density at radius 2 is 0.647 bits per heavy atom. The van der Waals surface area contributed by atoms with E-state index in [1.807, 2.05) is 27.2 Å². The Balaban J connectivity index is 3.98. The van der Waals surface area contributed by atoms with Gasteiger partial charge in [0, 0.05) is 6.42 Å². The van der Waals surface area contributed by atoms with Crippen molar-refractivity contribution in [3.63, 3.8) is 0 Å². The first-order chi connectivity index (χ1) is 41.5. The van der Waals surface area contributed by atoms with Crippen molar-refractivity contribution in [1.82, 2.24) is 5.32 Å². The molecule has 0 fully saturated rings. The van der Waals surface area contributed by atoms with Crippen LogP contribution in [0.5, 0.6) is 0 Å². The molecular formula is C76H151N2O6P. The summed E-state index contributed by atoms with van der Waals surface area (Å²) in [5, 5.41) is 14.0. The molecule has 0 saturated carbocycles. The lowest BCUT2D eigenvalue weighted by Gasteiger charge is -2.29. The molecule has 0 bridgehead atoms. The van der Waals surface area contributed by atoms with Crippen molar-refractivity contribution in [2.75, 3.05) is 40.9 Å². The van der Waals surface area contributed by atoms with Gasteiger partial charge in [0.1, 0.15) is 13.2 Å². The van der Waals surface area contributed by atoms with Gasteiger partial charge in [-0.2, -0.15) is 0 Å². The number of aliphatic hydroxyl groups is 1. The number of phosphoric acid groups is 1. The molecule has 9 heteroatoms. The van der Waals surface area contributed by atoms with Crippen LogP contribution in [0.4, 0.5) is 0 Å². The molecule has 3 atom stereocenters. The van der Waals surface area contributed by atoms with E-state index in [1.54, 1.807) is 6.08 Å². The Hall–Kier alpha value is -1.02. The van der Waals surface area contributed by atoms with Crippen LogP contribution in [0.2, 0.25) is 0 Å². The van der Waals surface area contributed by atoms with Gasteiger partial charge in [-0.3, -0.25) is 9.36 Å². The summed E-state index contributed by atoms with van der Waals surface area (Å²) in [6.07, 6.45) is 89.0. The first-order valence-corrected chi connectivity index (χ1v) is 39.7. The number of hydrogen-bond donors (Lipinski definition) is 2. The number of rotatable bonds is 72. The summed E-state index contributed by atoms with van der Waals surface area (Å²) in [7, 11) is 1.28. The van der Waals surface area contributed by atoms with Crippen LogP contribution in [0.25, 0.3) is 0 Å². The van der Waals surface area contributed by atoms with E-state index in [1.165, 1.54) is 347 Å². The molecule has 0 spiro atoms. The first-order valence-electron chi connectivity index (χ1n) is 38.2.